The number of hydrogen-bond donors (Lipinski definition) is 3. The first kappa shape index (κ1) is 15.9. The van der Waals surface area contributed by atoms with Gasteiger partial charge in [0, 0.05) is 27.8 Å². The lowest BCUT2D eigenvalue weighted by molar-refractivity contribution is 0.0948. The van der Waals surface area contributed by atoms with Crippen molar-refractivity contribution in [1.82, 2.24) is 19.7 Å². The van der Waals surface area contributed by atoms with Crippen molar-refractivity contribution >= 4 is 34.4 Å². The van der Waals surface area contributed by atoms with Crippen molar-refractivity contribution in [1.29, 1.82) is 0 Å². The fourth-order valence-electron chi connectivity index (χ4n) is 2.91. The Morgan fingerprint density at radius 3 is 2.81 bits per heavy atom. The molecular formula is C19H18N6O. The fraction of sp³-hybridized carbons (Fsp3) is 0.105. The first-order valence-corrected chi connectivity index (χ1v) is 8.20. The van der Waals surface area contributed by atoms with Crippen LogP contribution in [0.3, 0.4) is 0 Å². The van der Waals surface area contributed by atoms with E-state index >= 15 is 0 Å². The molecule has 130 valence electrons. The number of benzene rings is 2. The Hall–Kier alpha value is -3.61. The van der Waals surface area contributed by atoms with Crippen LogP contribution in [0.4, 0.5) is 17.6 Å². The molecule has 7 nitrogen and oxygen atoms in total. The van der Waals surface area contributed by atoms with Crippen molar-refractivity contribution in [3.05, 3.63) is 65.4 Å². The number of rotatable bonds is 3. The molecule has 0 aliphatic heterocycles. The second-order valence-electron chi connectivity index (χ2n) is 6.26. The number of nitrogens with zero attached hydrogens (tertiary/aromatic N) is 3. The SMILES string of the molecule is Cc1cccc(C(=O)n2nc(Nc3ccc4[nH]c(C)cc4c3)nc2N)c1. The number of nitrogen functional groups attached to an aromatic ring is 1. The summed E-state index contributed by atoms with van der Waals surface area (Å²) in [6, 6.07) is 15.2. The van der Waals surface area contributed by atoms with Crippen LogP contribution < -0.4 is 11.1 Å². The van der Waals surface area contributed by atoms with Gasteiger partial charge in [0.1, 0.15) is 0 Å². The molecule has 4 N–H and O–H groups in total. The second-order valence-corrected chi connectivity index (χ2v) is 6.26. The van der Waals surface area contributed by atoms with Crippen molar-refractivity contribution in [3.8, 4) is 0 Å². The molecule has 0 aliphatic rings. The summed E-state index contributed by atoms with van der Waals surface area (Å²) in [4.78, 5) is 20.0. The van der Waals surface area contributed by atoms with Crippen LogP contribution in [0.5, 0.6) is 0 Å². The third-order valence-corrected chi connectivity index (χ3v) is 4.10. The van der Waals surface area contributed by atoms with Gasteiger partial charge in [-0.3, -0.25) is 4.79 Å². The minimum absolute atomic E-state index is 0.0394. The zero-order valence-electron chi connectivity index (χ0n) is 14.4. The maximum Gasteiger partial charge on any atom is 0.281 e. The van der Waals surface area contributed by atoms with E-state index in [0.717, 1.165) is 32.5 Å². The molecule has 0 atom stereocenters. The van der Waals surface area contributed by atoms with Crippen molar-refractivity contribution < 1.29 is 4.79 Å². The summed E-state index contributed by atoms with van der Waals surface area (Å²) < 4.78 is 1.11. The van der Waals surface area contributed by atoms with E-state index in [9.17, 15) is 4.79 Å². The third kappa shape index (κ3) is 2.90. The first-order valence-electron chi connectivity index (χ1n) is 8.20. The van der Waals surface area contributed by atoms with Gasteiger partial charge in [0.15, 0.2) is 0 Å². The average Bonchev–Trinajstić information content (AvgIpc) is 3.15. The number of H-pyrrole nitrogens is 1. The maximum absolute atomic E-state index is 12.6. The molecule has 0 aliphatic carbocycles. The third-order valence-electron chi connectivity index (χ3n) is 4.10. The Labute approximate surface area is 149 Å². The standard InChI is InChI=1S/C19H18N6O/c1-11-4-3-5-13(8-11)17(26)25-18(20)23-19(24-25)22-15-6-7-16-14(10-15)9-12(2)21-16/h3-10,21H,1-2H3,(H3,20,22,23,24). The predicted molar refractivity (Wildman–Crippen MR) is 102 cm³/mol. The van der Waals surface area contributed by atoms with Crippen LogP contribution in [0.2, 0.25) is 0 Å². The van der Waals surface area contributed by atoms with E-state index in [2.05, 4.69) is 26.4 Å². The summed E-state index contributed by atoms with van der Waals surface area (Å²) in [5, 5.41) is 8.38. The molecule has 26 heavy (non-hydrogen) atoms. The van der Waals surface area contributed by atoms with Gasteiger partial charge in [0.25, 0.3) is 5.91 Å². The van der Waals surface area contributed by atoms with Crippen molar-refractivity contribution in [2.75, 3.05) is 11.1 Å². The minimum Gasteiger partial charge on any atom is -0.368 e. The Balaban J connectivity index is 1.62. The molecule has 0 radical (unpaired) electrons. The molecule has 4 rings (SSSR count). The minimum atomic E-state index is -0.316. The fourth-order valence-corrected chi connectivity index (χ4v) is 2.91. The number of carbonyl (C=O) groups is 1. The van der Waals surface area contributed by atoms with Gasteiger partial charge in [-0.1, -0.05) is 17.7 Å². The highest BCUT2D eigenvalue weighted by Crippen LogP contribution is 2.22. The molecule has 0 unspecified atom stereocenters. The molecule has 2 aromatic carbocycles. The van der Waals surface area contributed by atoms with Gasteiger partial charge in [-0.05, 0) is 50.2 Å². The zero-order chi connectivity index (χ0) is 18.3. The van der Waals surface area contributed by atoms with Crippen molar-refractivity contribution in [2.45, 2.75) is 13.8 Å². The molecule has 4 aromatic rings. The topological polar surface area (TPSA) is 102 Å². The van der Waals surface area contributed by atoms with Crippen molar-refractivity contribution in [3.63, 3.8) is 0 Å². The van der Waals surface area contributed by atoms with E-state index in [1.807, 2.05) is 44.2 Å². The van der Waals surface area contributed by atoms with Crippen LogP contribution in [0.25, 0.3) is 10.9 Å². The highest BCUT2D eigenvalue weighted by molar-refractivity contribution is 5.97. The second kappa shape index (κ2) is 6.03. The van der Waals surface area contributed by atoms with E-state index in [-0.39, 0.29) is 17.8 Å². The number of nitrogens with two attached hydrogens (primary N) is 1. The molecule has 2 aromatic heterocycles. The van der Waals surface area contributed by atoms with Gasteiger partial charge in [-0.2, -0.15) is 9.67 Å². The van der Waals surface area contributed by atoms with Crippen LogP contribution in [-0.4, -0.2) is 25.7 Å². The number of fused-ring (bicyclic) bond motifs is 1. The first-order chi connectivity index (χ1) is 12.5. The lowest BCUT2D eigenvalue weighted by atomic mass is 10.1. The molecule has 2 heterocycles. The normalized spacial score (nSPS) is 11.0. The Kier molecular flexibility index (Phi) is 3.69. The monoisotopic (exact) mass is 346 g/mol. The summed E-state index contributed by atoms with van der Waals surface area (Å²) >= 11 is 0. The number of hydrogen-bond acceptors (Lipinski definition) is 5. The largest absolute Gasteiger partial charge is 0.368 e. The molecule has 0 spiro atoms. The van der Waals surface area contributed by atoms with Crippen LogP contribution >= 0.6 is 0 Å². The van der Waals surface area contributed by atoms with Crippen molar-refractivity contribution in [2.24, 2.45) is 0 Å². The maximum atomic E-state index is 12.6. The number of carbonyl (C=O) groups excluding carboxylic acids is 1. The predicted octanol–water partition coefficient (Wildman–Crippen LogP) is 3.39. The molecule has 0 amide bonds. The van der Waals surface area contributed by atoms with Gasteiger partial charge >= 0.3 is 0 Å². The van der Waals surface area contributed by atoms with Gasteiger partial charge < -0.3 is 16.0 Å². The highest BCUT2D eigenvalue weighted by atomic mass is 16.2. The van der Waals surface area contributed by atoms with Gasteiger partial charge in [-0.25, -0.2) is 0 Å². The zero-order valence-corrected chi connectivity index (χ0v) is 14.4. The molecular weight excluding hydrogens is 328 g/mol. The Morgan fingerprint density at radius 1 is 1.15 bits per heavy atom. The number of aryl methyl sites for hydroxylation is 2. The quantitative estimate of drug-likeness (QED) is 0.528. The number of aromatic nitrogens is 4. The summed E-state index contributed by atoms with van der Waals surface area (Å²) in [6.07, 6.45) is 0. The molecule has 0 fully saturated rings. The van der Waals surface area contributed by atoms with Crippen LogP contribution in [-0.2, 0) is 0 Å². The lowest BCUT2D eigenvalue weighted by Gasteiger charge is -2.03. The van der Waals surface area contributed by atoms with E-state index in [1.165, 1.54) is 0 Å². The van der Waals surface area contributed by atoms with E-state index < -0.39 is 0 Å². The van der Waals surface area contributed by atoms with Gasteiger partial charge in [0.2, 0.25) is 11.9 Å². The molecule has 0 saturated heterocycles. The molecule has 0 bridgehead atoms. The summed E-state index contributed by atoms with van der Waals surface area (Å²) in [6.45, 7) is 3.93. The number of anilines is 3. The number of nitrogens with one attached hydrogen (secondary N) is 2. The average molecular weight is 346 g/mol. The van der Waals surface area contributed by atoms with E-state index in [4.69, 9.17) is 5.73 Å². The number of aromatic amines is 1. The van der Waals surface area contributed by atoms with Crippen LogP contribution in [0.1, 0.15) is 21.6 Å². The van der Waals surface area contributed by atoms with Gasteiger partial charge in [0.05, 0.1) is 0 Å². The summed E-state index contributed by atoms with van der Waals surface area (Å²) in [5.74, 6) is -0.00357. The molecule has 7 heteroatoms. The van der Waals surface area contributed by atoms with E-state index in [0.29, 0.717) is 5.56 Å². The highest BCUT2D eigenvalue weighted by Gasteiger charge is 2.16. The van der Waals surface area contributed by atoms with Gasteiger partial charge in [-0.15, -0.1) is 5.10 Å². The van der Waals surface area contributed by atoms with Crippen LogP contribution in [0, 0.1) is 13.8 Å². The Bertz CT molecular complexity index is 1120. The summed E-state index contributed by atoms with van der Waals surface area (Å²) in [5.41, 5.74) is 10.4. The van der Waals surface area contributed by atoms with Crippen LogP contribution in [0.15, 0.2) is 48.5 Å². The smallest absolute Gasteiger partial charge is 0.281 e. The summed E-state index contributed by atoms with van der Waals surface area (Å²) in [7, 11) is 0. The lowest BCUT2D eigenvalue weighted by Crippen LogP contribution is -2.16. The molecule has 0 saturated carbocycles. The van der Waals surface area contributed by atoms with E-state index in [1.54, 1.807) is 12.1 Å². The Morgan fingerprint density at radius 2 is 2.00 bits per heavy atom.